The maximum atomic E-state index is 9.31. The number of allylic oxidation sites excluding steroid dienone is 5. The van der Waals surface area contributed by atoms with Gasteiger partial charge in [0.2, 0.25) is 0 Å². The van der Waals surface area contributed by atoms with Crippen LogP contribution in [0.25, 0.3) is 0 Å². The van der Waals surface area contributed by atoms with Crippen molar-refractivity contribution >= 4 is 5.69 Å². The van der Waals surface area contributed by atoms with E-state index in [1.165, 1.54) is 0 Å². The number of phenolic OH excluding ortho intramolecular Hbond substituents is 1. The third-order valence-corrected chi connectivity index (χ3v) is 3.88. The van der Waals surface area contributed by atoms with Gasteiger partial charge in [-0.15, -0.1) is 6.58 Å². The highest BCUT2D eigenvalue weighted by Crippen LogP contribution is 2.26. The first-order valence-corrected chi connectivity index (χ1v) is 8.52. The van der Waals surface area contributed by atoms with E-state index in [-0.39, 0.29) is 11.7 Å². The Morgan fingerprint density at radius 3 is 2.19 bits per heavy atom. The molecule has 0 aliphatic heterocycles. The molecule has 0 radical (unpaired) electrons. The largest absolute Gasteiger partial charge is 0.508 e. The topological polar surface area (TPSA) is 41.5 Å². The van der Waals surface area contributed by atoms with Gasteiger partial charge in [0, 0.05) is 17.3 Å². The lowest BCUT2D eigenvalue weighted by atomic mass is 9.98. The Bertz CT molecular complexity index is 799. The molecule has 0 saturated carbocycles. The number of hydrogen-bond donors (Lipinski definition) is 2. The molecule has 0 heterocycles. The number of hydrogen-bond acceptors (Lipinski definition) is 3. The van der Waals surface area contributed by atoms with Crippen LogP contribution >= 0.6 is 0 Å². The number of ether oxygens (including phenoxy) is 1. The standard InChI is InChI=1S/C23H25NO2/c1-5-7-8-23(17(3)6-2)18(4)24-19-9-13-21(14-10-19)26-22-15-11-20(25)12-16-22/h5-17,24-25H,2,4H2,1,3H3/b7-5-,23-8-. The molecule has 134 valence electrons. The van der Waals surface area contributed by atoms with E-state index in [0.717, 1.165) is 22.7 Å². The summed E-state index contributed by atoms with van der Waals surface area (Å²) in [7, 11) is 0. The van der Waals surface area contributed by atoms with Crippen molar-refractivity contribution in [3.63, 3.8) is 0 Å². The summed E-state index contributed by atoms with van der Waals surface area (Å²) in [6.45, 7) is 12.1. The Morgan fingerprint density at radius 2 is 1.65 bits per heavy atom. The summed E-state index contributed by atoms with van der Waals surface area (Å²) in [5, 5.41) is 12.6. The van der Waals surface area contributed by atoms with Crippen molar-refractivity contribution in [1.29, 1.82) is 0 Å². The number of phenols is 1. The van der Waals surface area contributed by atoms with Crippen LogP contribution in [-0.4, -0.2) is 5.11 Å². The second kappa shape index (κ2) is 9.33. The quantitative estimate of drug-likeness (QED) is 0.427. The minimum absolute atomic E-state index is 0.198. The summed E-state index contributed by atoms with van der Waals surface area (Å²) in [5.41, 5.74) is 2.85. The molecule has 3 heteroatoms. The van der Waals surface area contributed by atoms with E-state index < -0.39 is 0 Å². The van der Waals surface area contributed by atoms with Crippen LogP contribution in [-0.2, 0) is 0 Å². The Kier molecular flexibility index (Phi) is 6.86. The predicted octanol–water partition coefficient (Wildman–Crippen LogP) is 6.43. The van der Waals surface area contributed by atoms with Gasteiger partial charge in [0.25, 0.3) is 0 Å². The summed E-state index contributed by atoms with van der Waals surface area (Å²) in [6.07, 6.45) is 7.93. The van der Waals surface area contributed by atoms with Gasteiger partial charge >= 0.3 is 0 Å². The molecule has 0 aromatic heterocycles. The highest BCUT2D eigenvalue weighted by molar-refractivity contribution is 5.55. The van der Waals surface area contributed by atoms with Gasteiger partial charge in [0.15, 0.2) is 0 Å². The number of benzene rings is 2. The van der Waals surface area contributed by atoms with Crippen LogP contribution in [0.4, 0.5) is 5.69 Å². The normalized spacial score (nSPS) is 12.6. The molecule has 3 nitrogen and oxygen atoms in total. The lowest BCUT2D eigenvalue weighted by Crippen LogP contribution is -2.06. The zero-order valence-corrected chi connectivity index (χ0v) is 15.3. The summed E-state index contributed by atoms with van der Waals surface area (Å²) in [6, 6.07) is 14.3. The van der Waals surface area contributed by atoms with E-state index in [9.17, 15) is 5.11 Å². The monoisotopic (exact) mass is 347 g/mol. The Morgan fingerprint density at radius 1 is 1.08 bits per heavy atom. The fraction of sp³-hybridized carbons (Fsp3) is 0.130. The van der Waals surface area contributed by atoms with E-state index in [2.05, 4.69) is 25.4 Å². The fourth-order valence-electron chi connectivity index (χ4n) is 2.36. The van der Waals surface area contributed by atoms with E-state index in [1.807, 2.05) is 55.5 Å². The highest BCUT2D eigenvalue weighted by atomic mass is 16.5. The molecule has 26 heavy (non-hydrogen) atoms. The molecule has 0 aliphatic carbocycles. The van der Waals surface area contributed by atoms with Crippen molar-refractivity contribution in [2.45, 2.75) is 13.8 Å². The molecule has 0 spiro atoms. The average molecular weight is 347 g/mol. The van der Waals surface area contributed by atoms with Gasteiger partial charge in [-0.25, -0.2) is 0 Å². The average Bonchev–Trinajstić information content (AvgIpc) is 2.65. The van der Waals surface area contributed by atoms with E-state index in [1.54, 1.807) is 24.3 Å². The smallest absolute Gasteiger partial charge is 0.127 e. The van der Waals surface area contributed by atoms with E-state index >= 15 is 0 Å². The minimum Gasteiger partial charge on any atom is -0.508 e. The third-order valence-electron chi connectivity index (χ3n) is 3.88. The minimum atomic E-state index is 0.198. The Hall–Kier alpha value is -3.20. The molecule has 2 aromatic carbocycles. The van der Waals surface area contributed by atoms with Crippen LogP contribution in [0.1, 0.15) is 13.8 Å². The predicted molar refractivity (Wildman–Crippen MR) is 110 cm³/mol. The molecule has 1 unspecified atom stereocenters. The molecule has 1 atom stereocenters. The third kappa shape index (κ3) is 5.42. The van der Waals surface area contributed by atoms with E-state index in [4.69, 9.17) is 4.74 Å². The second-order valence-electron chi connectivity index (χ2n) is 5.90. The van der Waals surface area contributed by atoms with Crippen LogP contribution < -0.4 is 10.1 Å². The van der Waals surface area contributed by atoms with Gasteiger partial charge < -0.3 is 15.2 Å². The molecular weight excluding hydrogens is 322 g/mol. The molecular formula is C23H25NO2. The fourth-order valence-corrected chi connectivity index (χ4v) is 2.36. The number of nitrogens with one attached hydrogen (secondary N) is 1. The summed E-state index contributed by atoms with van der Waals surface area (Å²) < 4.78 is 5.75. The molecule has 2 aromatic rings. The zero-order valence-electron chi connectivity index (χ0n) is 15.3. The van der Waals surface area contributed by atoms with Crippen molar-refractivity contribution in [2.24, 2.45) is 5.92 Å². The van der Waals surface area contributed by atoms with Gasteiger partial charge in [0.1, 0.15) is 17.2 Å². The first-order chi connectivity index (χ1) is 12.5. The molecule has 0 amide bonds. The number of rotatable bonds is 8. The van der Waals surface area contributed by atoms with Crippen LogP contribution in [0.2, 0.25) is 0 Å². The van der Waals surface area contributed by atoms with Crippen LogP contribution in [0, 0.1) is 5.92 Å². The Balaban J connectivity index is 2.06. The van der Waals surface area contributed by atoms with Gasteiger partial charge in [-0.1, -0.05) is 37.8 Å². The molecule has 0 aliphatic rings. The molecule has 0 bridgehead atoms. The van der Waals surface area contributed by atoms with Crippen LogP contribution in [0.3, 0.4) is 0 Å². The van der Waals surface area contributed by atoms with Gasteiger partial charge in [-0.2, -0.15) is 0 Å². The van der Waals surface area contributed by atoms with Crippen LogP contribution in [0.15, 0.2) is 97.3 Å². The lowest BCUT2D eigenvalue weighted by molar-refractivity contribution is 0.464. The Labute approximate surface area is 155 Å². The lowest BCUT2D eigenvalue weighted by Gasteiger charge is -2.17. The first kappa shape index (κ1) is 19.1. The number of aromatic hydroxyl groups is 1. The molecule has 0 fully saturated rings. The van der Waals surface area contributed by atoms with E-state index in [0.29, 0.717) is 5.75 Å². The number of anilines is 1. The van der Waals surface area contributed by atoms with Gasteiger partial charge in [0.05, 0.1) is 0 Å². The second-order valence-corrected chi connectivity index (χ2v) is 5.90. The molecule has 2 N–H and O–H groups in total. The maximum absolute atomic E-state index is 9.31. The highest BCUT2D eigenvalue weighted by Gasteiger charge is 2.09. The van der Waals surface area contributed by atoms with Gasteiger partial charge in [-0.3, -0.25) is 0 Å². The zero-order chi connectivity index (χ0) is 18.9. The van der Waals surface area contributed by atoms with Crippen molar-refractivity contribution in [1.82, 2.24) is 0 Å². The SMILES string of the molecule is C=CC(C)/C(=C/C=C\C)C(=C)Nc1ccc(Oc2ccc(O)cc2)cc1. The maximum Gasteiger partial charge on any atom is 0.127 e. The summed E-state index contributed by atoms with van der Waals surface area (Å²) in [4.78, 5) is 0. The molecule has 2 rings (SSSR count). The summed E-state index contributed by atoms with van der Waals surface area (Å²) in [5.74, 6) is 1.80. The van der Waals surface area contributed by atoms with Gasteiger partial charge in [-0.05, 0) is 61.0 Å². The van der Waals surface area contributed by atoms with Crippen molar-refractivity contribution < 1.29 is 9.84 Å². The summed E-state index contributed by atoms with van der Waals surface area (Å²) >= 11 is 0. The van der Waals surface area contributed by atoms with Crippen molar-refractivity contribution in [2.75, 3.05) is 5.32 Å². The van der Waals surface area contributed by atoms with Crippen LogP contribution in [0.5, 0.6) is 17.2 Å². The first-order valence-electron chi connectivity index (χ1n) is 8.52. The van der Waals surface area contributed by atoms with Crippen molar-refractivity contribution in [3.05, 3.63) is 97.3 Å². The molecule has 0 saturated heterocycles. The van der Waals surface area contributed by atoms with Crippen molar-refractivity contribution in [3.8, 4) is 17.2 Å².